The highest BCUT2D eigenvalue weighted by molar-refractivity contribution is 9.10. The van der Waals surface area contributed by atoms with Gasteiger partial charge < -0.3 is 5.11 Å². The predicted octanol–water partition coefficient (Wildman–Crippen LogP) is 3.06. The number of hydrogen-bond acceptors (Lipinski definition) is 3. The summed E-state index contributed by atoms with van der Waals surface area (Å²) in [5.74, 6) is 0. The quantitative estimate of drug-likeness (QED) is 0.909. The van der Waals surface area contributed by atoms with Crippen LogP contribution in [-0.4, -0.2) is 10.1 Å². The van der Waals surface area contributed by atoms with Crippen molar-refractivity contribution < 1.29 is 5.11 Å². The van der Waals surface area contributed by atoms with Crippen LogP contribution in [0.1, 0.15) is 4.88 Å². The first-order valence-corrected chi connectivity index (χ1v) is 5.73. The number of aliphatic hydroxyl groups excluding tert-OH is 1. The van der Waals surface area contributed by atoms with Crippen LogP contribution in [0.5, 0.6) is 0 Å². The van der Waals surface area contributed by atoms with Crippen molar-refractivity contribution in [2.75, 3.05) is 0 Å². The van der Waals surface area contributed by atoms with Gasteiger partial charge in [0.15, 0.2) is 0 Å². The number of aliphatic hydroxyl groups is 1. The normalized spacial score (nSPS) is 10.4. The average molecular weight is 270 g/mol. The van der Waals surface area contributed by atoms with Crippen LogP contribution in [0, 0.1) is 0 Å². The van der Waals surface area contributed by atoms with Gasteiger partial charge in [0.05, 0.1) is 11.5 Å². The fourth-order valence-electron chi connectivity index (χ4n) is 1.13. The van der Waals surface area contributed by atoms with E-state index in [0.717, 1.165) is 20.1 Å². The van der Waals surface area contributed by atoms with Gasteiger partial charge in [-0.1, -0.05) is 30.3 Å². The standard InChI is InChI=1S/C10H8BrNOS/c11-9-8(6-13)14-10(12-9)7-4-2-1-3-5-7/h1-5,13H,6H2. The van der Waals surface area contributed by atoms with Gasteiger partial charge >= 0.3 is 0 Å². The highest BCUT2D eigenvalue weighted by Gasteiger charge is 2.08. The van der Waals surface area contributed by atoms with Gasteiger partial charge in [0.1, 0.15) is 9.61 Å². The minimum absolute atomic E-state index is 0.0328. The van der Waals surface area contributed by atoms with E-state index in [1.807, 2.05) is 30.3 Å². The molecule has 14 heavy (non-hydrogen) atoms. The summed E-state index contributed by atoms with van der Waals surface area (Å²) in [7, 11) is 0. The Labute approximate surface area is 94.4 Å². The first-order valence-electron chi connectivity index (χ1n) is 4.12. The van der Waals surface area contributed by atoms with Crippen LogP contribution in [0.2, 0.25) is 0 Å². The maximum atomic E-state index is 9.02. The largest absolute Gasteiger partial charge is 0.391 e. The number of halogens is 1. The summed E-state index contributed by atoms with van der Waals surface area (Å²) < 4.78 is 0.740. The maximum Gasteiger partial charge on any atom is 0.125 e. The molecule has 0 aliphatic carbocycles. The third-order valence-electron chi connectivity index (χ3n) is 1.81. The first kappa shape index (κ1) is 9.83. The van der Waals surface area contributed by atoms with Gasteiger partial charge in [0.25, 0.3) is 0 Å². The van der Waals surface area contributed by atoms with Crippen LogP contribution < -0.4 is 0 Å². The highest BCUT2D eigenvalue weighted by atomic mass is 79.9. The lowest BCUT2D eigenvalue weighted by Gasteiger charge is -1.92. The Hall–Kier alpha value is -0.710. The Morgan fingerprint density at radius 1 is 1.29 bits per heavy atom. The Kier molecular flexibility index (Phi) is 2.96. The van der Waals surface area contributed by atoms with Crippen molar-refractivity contribution >= 4 is 27.3 Å². The Morgan fingerprint density at radius 3 is 2.57 bits per heavy atom. The van der Waals surface area contributed by atoms with Gasteiger partial charge in [-0.15, -0.1) is 11.3 Å². The fourth-order valence-corrected chi connectivity index (χ4v) is 2.62. The zero-order chi connectivity index (χ0) is 9.97. The average Bonchev–Trinajstić information content (AvgIpc) is 2.61. The molecule has 1 heterocycles. The van der Waals surface area contributed by atoms with Crippen LogP contribution >= 0.6 is 27.3 Å². The molecule has 2 rings (SSSR count). The van der Waals surface area contributed by atoms with Gasteiger partial charge in [-0.2, -0.15) is 0 Å². The molecule has 0 atom stereocenters. The molecule has 1 aromatic heterocycles. The Bertz CT molecular complexity index is 427. The van der Waals surface area contributed by atoms with Crippen molar-refractivity contribution in [3.8, 4) is 10.6 Å². The smallest absolute Gasteiger partial charge is 0.125 e. The number of benzene rings is 1. The van der Waals surface area contributed by atoms with E-state index < -0.39 is 0 Å². The second kappa shape index (κ2) is 4.21. The second-order valence-electron chi connectivity index (χ2n) is 2.76. The SMILES string of the molecule is OCc1sc(-c2ccccc2)nc1Br. The molecule has 0 radical (unpaired) electrons. The number of aromatic nitrogens is 1. The van der Waals surface area contributed by atoms with E-state index in [4.69, 9.17) is 5.11 Å². The van der Waals surface area contributed by atoms with Gasteiger partial charge in [-0.3, -0.25) is 0 Å². The van der Waals surface area contributed by atoms with Crippen molar-refractivity contribution in [3.05, 3.63) is 39.8 Å². The van der Waals surface area contributed by atoms with Gasteiger partial charge in [-0.25, -0.2) is 4.98 Å². The summed E-state index contributed by atoms with van der Waals surface area (Å²) in [6, 6.07) is 9.93. The van der Waals surface area contributed by atoms with Crippen LogP contribution in [0.15, 0.2) is 34.9 Å². The maximum absolute atomic E-state index is 9.02. The lowest BCUT2D eigenvalue weighted by molar-refractivity contribution is 0.284. The Morgan fingerprint density at radius 2 is 2.00 bits per heavy atom. The highest BCUT2D eigenvalue weighted by Crippen LogP contribution is 2.30. The molecular weight excluding hydrogens is 262 g/mol. The molecule has 0 spiro atoms. The first-order chi connectivity index (χ1) is 6.81. The molecule has 0 saturated heterocycles. The summed E-state index contributed by atoms with van der Waals surface area (Å²) in [5.41, 5.74) is 1.08. The molecule has 1 N–H and O–H groups in total. The summed E-state index contributed by atoms with van der Waals surface area (Å²) in [6.07, 6.45) is 0. The lowest BCUT2D eigenvalue weighted by Crippen LogP contribution is -1.76. The summed E-state index contributed by atoms with van der Waals surface area (Å²) in [5, 5.41) is 9.95. The minimum Gasteiger partial charge on any atom is -0.391 e. The molecular formula is C10H8BrNOS. The summed E-state index contributed by atoms with van der Waals surface area (Å²) in [4.78, 5) is 5.19. The number of nitrogens with zero attached hydrogens (tertiary/aromatic N) is 1. The van der Waals surface area contributed by atoms with Crippen molar-refractivity contribution in [2.45, 2.75) is 6.61 Å². The second-order valence-corrected chi connectivity index (χ2v) is 4.59. The third kappa shape index (κ3) is 1.87. The van der Waals surface area contributed by atoms with E-state index in [1.165, 1.54) is 11.3 Å². The molecule has 0 unspecified atom stereocenters. The fraction of sp³-hybridized carbons (Fsp3) is 0.100. The number of rotatable bonds is 2. The van der Waals surface area contributed by atoms with Crippen molar-refractivity contribution in [3.63, 3.8) is 0 Å². The zero-order valence-electron chi connectivity index (χ0n) is 7.27. The van der Waals surface area contributed by atoms with E-state index in [1.54, 1.807) is 0 Å². The zero-order valence-corrected chi connectivity index (χ0v) is 9.68. The molecule has 4 heteroatoms. The van der Waals surface area contributed by atoms with Crippen molar-refractivity contribution in [2.24, 2.45) is 0 Å². The lowest BCUT2D eigenvalue weighted by atomic mass is 10.2. The molecule has 1 aromatic carbocycles. The predicted molar refractivity (Wildman–Crippen MR) is 61.2 cm³/mol. The molecule has 0 saturated carbocycles. The van der Waals surface area contributed by atoms with E-state index in [2.05, 4.69) is 20.9 Å². The van der Waals surface area contributed by atoms with Gasteiger partial charge in [0, 0.05) is 5.56 Å². The van der Waals surface area contributed by atoms with Crippen LogP contribution in [0.3, 0.4) is 0 Å². The third-order valence-corrected chi connectivity index (χ3v) is 3.82. The molecule has 0 aliphatic rings. The van der Waals surface area contributed by atoms with E-state index in [-0.39, 0.29) is 6.61 Å². The van der Waals surface area contributed by atoms with Gasteiger partial charge in [-0.05, 0) is 15.9 Å². The molecule has 0 aliphatic heterocycles. The molecule has 0 fully saturated rings. The summed E-state index contributed by atoms with van der Waals surface area (Å²) in [6.45, 7) is 0.0328. The number of hydrogen-bond donors (Lipinski definition) is 1. The molecule has 0 amide bonds. The topological polar surface area (TPSA) is 33.1 Å². The number of thiazole rings is 1. The Balaban J connectivity index is 2.43. The van der Waals surface area contributed by atoms with Crippen LogP contribution in [0.4, 0.5) is 0 Å². The molecule has 72 valence electrons. The van der Waals surface area contributed by atoms with E-state index >= 15 is 0 Å². The van der Waals surface area contributed by atoms with Crippen molar-refractivity contribution in [1.29, 1.82) is 0 Å². The minimum atomic E-state index is 0.0328. The molecule has 2 aromatic rings. The monoisotopic (exact) mass is 269 g/mol. The van der Waals surface area contributed by atoms with Gasteiger partial charge in [0.2, 0.25) is 0 Å². The van der Waals surface area contributed by atoms with Crippen LogP contribution in [-0.2, 0) is 6.61 Å². The van der Waals surface area contributed by atoms with E-state index in [0.29, 0.717) is 0 Å². The molecule has 0 bridgehead atoms. The van der Waals surface area contributed by atoms with E-state index in [9.17, 15) is 0 Å². The van der Waals surface area contributed by atoms with Crippen LogP contribution in [0.25, 0.3) is 10.6 Å². The van der Waals surface area contributed by atoms with Crippen molar-refractivity contribution in [1.82, 2.24) is 4.98 Å². The summed E-state index contributed by atoms with van der Waals surface area (Å²) >= 11 is 4.82. The molecule has 2 nitrogen and oxygen atoms in total.